The second-order valence-electron chi connectivity index (χ2n) is 10.3. The molecule has 1 spiro atoms. The van der Waals surface area contributed by atoms with Crippen LogP contribution in [0.3, 0.4) is 0 Å². The van der Waals surface area contributed by atoms with Gasteiger partial charge in [0.25, 0.3) is 0 Å². The van der Waals surface area contributed by atoms with E-state index in [4.69, 9.17) is 0 Å². The minimum absolute atomic E-state index is 0.0305. The first-order chi connectivity index (χ1) is 15.8. The molecule has 2 amide bonds. The van der Waals surface area contributed by atoms with Crippen LogP contribution in [-0.2, 0) is 5.54 Å². The van der Waals surface area contributed by atoms with Gasteiger partial charge in [0.15, 0.2) is 5.75 Å². The standard InChI is InChI=1S/C25H33N5O3/c1-28(2)25(19-7-4-3-5-8-19)13-11-23(12-14-25)17-29(21-26-15-20(31)16-27-21)22(32)30(23)18-24(33)9-6-10-24/h3-5,7-8,15-16,31,33H,6,9-14,17-18H2,1-2H3/t23-,25+. The predicted octanol–water partition coefficient (Wildman–Crippen LogP) is 3.11. The minimum atomic E-state index is -0.802. The number of hydrogen-bond acceptors (Lipinski definition) is 6. The van der Waals surface area contributed by atoms with Crippen molar-refractivity contribution >= 4 is 12.0 Å². The molecule has 1 aromatic carbocycles. The zero-order valence-corrected chi connectivity index (χ0v) is 19.4. The van der Waals surface area contributed by atoms with Gasteiger partial charge < -0.3 is 15.1 Å². The van der Waals surface area contributed by atoms with Crippen molar-refractivity contribution in [2.24, 2.45) is 0 Å². The highest BCUT2D eigenvalue weighted by Crippen LogP contribution is 2.50. The highest BCUT2D eigenvalue weighted by atomic mass is 16.3. The van der Waals surface area contributed by atoms with Crippen molar-refractivity contribution in [3.8, 4) is 5.75 Å². The van der Waals surface area contributed by atoms with E-state index in [2.05, 4.69) is 53.2 Å². The molecule has 1 aliphatic heterocycles. The van der Waals surface area contributed by atoms with Crippen LogP contribution < -0.4 is 4.90 Å². The molecule has 5 rings (SSSR count). The van der Waals surface area contributed by atoms with Gasteiger partial charge in [-0.2, -0.15) is 0 Å². The first-order valence-electron chi connectivity index (χ1n) is 11.8. The Morgan fingerprint density at radius 2 is 1.64 bits per heavy atom. The average Bonchev–Trinajstić information content (AvgIpc) is 3.06. The van der Waals surface area contributed by atoms with E-state index in [1.54, 1.807) is 4.90 Å². The molecule has 2 saturated carbocycles. The molecule has 0 radical (unpaired) electrons. The van der Waals surface area contributed by atoms with E-state index < -0.39 is 5.60 Å². The third kappa shape index (κ3) is 3.65. The number of nitrogens with zero attached hydrogens (tertiary/aromatic N) is 5. The second kappa shape index (κ2) is 7.95. The molecular weight excluding hydrogens is 418 g/mol. The molecule has 2 heterocycles. The summed E-state index contributed by atoms with van der Waals surface area (Å²) in [7, 11) is 4.27. The number of hydrogen-bond donors (Lipinski definition) is 2. The Bertz CT molecular complexity index is 998. The van der Waals surface area contributed by atoms with Gasteiger partial charge in [-0.15, -0.1) is 0 Å². The summed E-state index contributed by atoms with van der Waals surface area (Å²) in [6.07, 6.45) is 8.58. The summed E-state index contributed by atoms with van der Waals surface area (Å²) in [5, 5.41) is 20.6. The van der Waals surface area contributed by atoms with Crippen LogP contribution in [-0.4, -0.2) is 74.3 Å². The number of aromatic hydroxyl groups is 1. The number of β-amino-alcohol motifs (C(OH)–C–C–N with tert-alkyl or cyclic N) is 1. The molecule has 176 valence electrons. The molecular formula is C25H33N5O3. The van der Waals surface area contributed by atoms with Crippen molar-refractivity contribution in [2.45, 2.75) is 61.6 Å². The molecule has 3 fully saturated rings. The second-order valence-corrected chi connectivity index (χ2v) is 10.3. The smallest absolute Gasteiger partial charge is 0.327 e. The van der Waals surface area contributed by atoms with E-state index >= 15 is 0 Å². The molecule has 1 saturated heterocycles. The van der Waals surface area contributed by atoms with Crippen molar-refractivity contribution < 1.29 is 15.0 Å². The van der Waals surface area contributed by atoms with Gasteiger partial charge in [-0.25, -0.2) is 14.8 Å². The van der Waals surface area contributed by atoms with Crippen LogP contribution in [0.1, 0.15) is 50.5 Å². The number of urea groups is 1. The lowest BCUT2D eigenvalue weighted by Crippen LogP contribution is -2.59. The van der Waals surface area contributed by atoms with Gasteiger partial charge in [-0.1, -0.05) is 30.3 Å². The molecule has 0 bridgehead atoms. The number of aliphatic hydroxyl groups is 1. The summed E-state index contributed by atoms with van der Waals surface area (Å²) >= 11 is 0. The van der Waals surface area contributed by atoms with E-state index in [1.807, 2.05) is 11.0 Å². The van der Waals surface area contributed by atoms with Crippen LogP contribution in [0.5, 0.6) is 5.75 Å². The Morgan fingerprint density at radius 3 is 2.18 bits per heavy atom. The van der Waals surface area contributed by atoms with Gasteiger partial charge >= 0.3 is 6.03 Å². The van der Waals surface area contributed by atoms with Crippen LogP contribution in [0.15, 0.2) is 42.7 Å². The van der Waals surface area contributed by atoms with Gasteiger partial charge in [-0.3, -0.25) is 9.80 Å². The molecule has 0 unspecified atom stereocenters. The molecule has 8 nitrogen and oxygen atoms in total. The fourth-order valence-electron chi connectivity index (χ4n) is 5.98. The normalized spacial score (nSPS) is 29.0. The molecule has 3 aliphatic rings. The third-order valence-corrected chi connectivity index (χ3v) is 8.26. The number of carbonyl (C=O) groups excluding carboxylic acids is 1. The Kier molecular flexibility index (Phi) is 5.33. The van der Waals surface area contributed by atoms with Crippen LogP contribution in [0, 0.1) is 0 Å². The monoisotopic (exact) mass is 451 g/mol. The molecule has 1 aromatic heterocycles. The van der Waals surface area contributed by atoms with E-state index in [-0.39, 0.29) is 22.9 Å². The van der Waals surface area contributed by atoms with E-state index in [9.17, 15) is 15.0 Å². The topological polar surface area (TPSA) is 93.0 Å². The van der Waals surface area contributed by atoms with Gasteiger partial charge in [0.2, 0.25) is 5.95 Å². The largest absolute Gasteiger partial charge is 0.505 e. The van der Waals surface area contributed by atoms with E-state index in [1.165, 1.54) is 18.0 Å². The summed E-state index contributed by atoms with van der Waals surface area (Å²) in [6.45, 7) is 0.839. The summed E-state index contributed by atoms with van der Waals surface area (Å²) < 4.78 is 0. The van der Waals surface area contributed by atoms with Gasteiger partial charge in [-0.05, 0) is 64.6 Å². The quantitative estimate of drug-likeness (QED) is 0.726. The molecule has 33 heavy (non-hydrogen) atoms. The lowest BCUT2D eigenvalue weighted by molar-refractivity contribution is -0.0725. The lowest BCUT2D eigenvalue weighted by Gasteiger charge is -2.52. The number of rotatable bonds is 5. The summed E-state index contributed by atoms with van der Waals surface area (Å²) in [6, 6.07) is 10.5. The third-order valence-electron chi connectivity index (χ3n) is 8.26. The van der Waals surface area contributed by atoms with E-state index in [0.29, 0.717) is 19.0 Å². The van der Waals surface area contributed by atoms with Crippen molar-refractivity contribution in [1.82, 2.24) is 19.8 Å². The van der Waals surface area contributed by atoms with Crippen LogP contribution >= 0.6 is 0 Å². The summed E-state index contributed by atoms with van der Waals surface area (Å²) in [5.41, 5.74) is 0.0380. The Hall–Kier alpha value is -2.71. The maximum Gasteiger partial charge on any atom is 0.327 e. The molecule has 0 atom stereocenters. The van der Waals surface area contributed by atoms with E-state index in [0.717, 1.165) is 44.9 Å². The molecule has 2 aliphatic carbocycles. The van der Waals surface area contributed by atoms with Crippen molar-refractivity contribution in [3.05, 3.63) is 48.3 Å². The SMILES string of the molecule is CN(C)[C@]1(c2ccccc2)CC[C@]2(CC1)CN(c1ncc(O)cn1)C(=O)N2CC1(O)CCC1. The fraction of sp³-hybridized carbons (Fsp3) is 0.560. The maximum atomic E-state index is 13.6. The highest BCUT2D eigenvalue weighted by molar-refractivity contribution is 5.93. The number of aromatic nitrogens is 2. The number of amides is 2. The zero-order valence-electron chi connectivity index (χ0n) is 19.4. The van der Waals surface area contributed by atoms with Gasteiger partial charge in [0.05, 0.1) is 36.6 Å². The van der Waals surface area contributed by atoms with Crippen molar-refractivity contribution in [3.63, 3.8) is 0 Å². The zero-order chi connectivity index (χ0) is 23.3. The van der Waals surface area contributed by atoms with Crippen molar-refractivity contribution in [1.29, 1.82) is 0 Å². The lowest BCUT2D eigenvalue weighted by atomic mass is 9.67. The summed E-state index contributed by atoms with van der Waals surface area (Å²) in [4.78, 5) is 27.9. The summed E-state index contributed by atoms with van der Waals surface area (Å²) in [5.74, 6) is 0.268. The fourth-order valence-corrected chi connectivity index (χ4v) is 5.98. The predicted molar refractivity (Wildman–Crippen MR) is 125 cm³/mol. The Labute approximate surface area is 194 Å². The Balaban J connectivity index is 1.46. The Morgan fingerprint density at radius 1 is 1.00 bits per heavy atom. The number of anilines is 1. The maximum absolute atomic E-state index is 13.6. The van der Waals surface area contributed by atoms with Gasteiger partial charge in [0, 0.05) is 5.54 Å². The van der Waals surface area contributed by atoms with Gasteiger partial charge in [0.1, 0.15) is 0 Å². The number of benzene rings is 1. The molecule has 2 N–H and O–H groups in total. The first-order valence-corrected chi connectivity index (χ1v) is 11.8. The van der Waals surface area contributed by atoms with Crippen LogP contribution in [0.25, 0.3) is 0 Å². The molecule has 2 aromatic rings. The minimum Gasteiger partial charge on any atom is -0.505 e. The van der Waals surface area contributed by atoms with Crippen LogP contribution in [0.2, 0.25) is 0 Å². The van der Waals surface area contributed by atoms with Crippen LogP contribution in [0.4, 0.5) is 10.7 Å². The first kappa shape index (κ1) is 22.1. The average molecular weight is 452 g/mol. The van der Waals surface area contributed by atoms with Crippen molar-refractivity contribution in [2.75, 3.05) is 32.1 Å². The highest BCUT2D eigenvalue weighted by Gasteiger charge is 2.57. The number of carbonyl (C=O) groups is 1. The molecule has 8 heteroatoms.